The van der Waals surface area contributed by atoms with Crippen LogP contribution in [0.5, 0.6) is 11.5 Å². The fraction of sp³-hybridized carbons (Fsp3) is 0.214. The lowest BCUT2D eigenvalue weighted by atomic mass is 9.99. The summed E-state index contributed by atoms with van der Waals surface area (Å²) < 4.78 is 72.0. The van der Waals surface area contributed by atoms with Gasteiger partial charge in [0.05, 0.1) is 21.7 Å². The van der Waals surface area contributed by atoms with Crippen molar-refractivity contribution in [3.63, 3.8) is 0 Å². The third-order valence-corrected chi connectivity index (χ3v) is 7.63. The highest BCUT2D eigenvalue weighted by Gasteiger charge is 2.33. The Bertz CT molecular complexity index is 1590. The van der Waals surface area contributed by atoms with Gasteiger partial charge in [-0.25, -0.2) is 13.2 Å². The summed E-state index contributed by atoms with van der Waals surface area (Å²) in [7, 11) is -3.63. The van der Waals surface area contributed by atoms with Crippen molar-refractivity contribution < 1.29 is 31.1 Å². The van der Waals surface area contributed by atoms with Gasteiger partial charge in [-0.2, -0.15) is 13.2 Å². The van der Waals surface area contributed by atoms with Gasteiger partial charge in [-0.05, 0) is 66.9 Å². The van der Waals surface area contributed by atoms with E-state index in [4.69, 9.17) is 4.74 Å². The van der Waals surface area contributed by atoms with E-state index in [1.165, 1.54) is 24.4 Å². The van der Waals surface area contributed by atoms with E-state index in [0.717, 1.165) is 6.07 Å². The van der Waals surface area contributed by atoms with Crippen molar-refractivity contribution in [1.82, 2.24) is 15.6 Å². The molecule has 0 saturated carbocycles. The van der Waals surface area contributed by atoms with E-state index in [0.29, 0.717) is 28.8 Å². The van der Waals surface area contributed by atoms with E-state index in [2.05, 4.69) is 15.6 Å². The standard InChI is InChI=1S/C28H26F3N3O4S/c1-2-32-27(35)34-14-6-16-39(36,37)22-10-4-9-21(18-22)38-20-8-3-7-19(17-20)23-13-15-33-26-24(23)11-5-12-25(26)28(29,30)31/h3-5,7-13,15,17-18H,2,6,14,16H2,1H3,(H2,32,34,35). The van der Waals surface area contributed by atoms with Gasteiger partial charge in [-0.1, -0.05) is 30.3 Å². The fourth-order valence-electron chi connectivity index (χ4n) is 4.06. The molecule has 0 atom stereocenters. The molecule has 0 aliphatic rings. The van der Waals surface area contributed by atoms with Crippen LogP contribution in [-0.2, 0) is 16.0 Å². The molecule has 0 bridgehead atoms. The van der Waals surface area contributed by atoms with Crippen LogP contribution < -0.4 is 15.4 Å². The van der Waals surface area contributed by atoms with E-state index in [-0.39, 0.29) is 40.9 Å². The number of benzene rings is 3. The summed E-state index contributed by atoms with van der Waals surface area (Å²) in [6, 6.07) is 18.1. The Morgan fingerprint density at radius 1 is 0.949 bits per heavy atom. The molecule has 0 fully saturated rings. The molecule has 1 aromatic heterocycles. The van der Waals surface area contributed by atoms with Crippen molar-refractivity contribution in [3.8, 4) is 22.6 Å². The zero-order valence-corrected chi connectivity index (χ0v) is 21.8. The van der Waals surface area contributed by atoms with Gasteiger partial charge >= 0.3 is 12.2 Å². The van der Waals surface area contributed by atoms with Gasteiger partial charge in [0.15, 0.2) is 9.84 Å². The first-order valence-electron chi connectivity index (χ1n) is 12.2. The fourth-order valence-corrected chi connectivity index (χ4v) is 5.40. The number of amides is 2. The van der Waals surface area contributed by atoms with E-state index in [1.807, 2.05) is 0 Å². The highest BCUT2D eigenvalue weighted by molar-refractivity contribution is 7.91. The van der Waals surface area contributed by atoms with Crippen molar-refractivity contribution in [3.05, 3.63) is 84.6 Å². The van der Waals surface area contributed by atoms with Crippen molar-refractivity contribution in [1.29, 1.82) is 0 Å². The maximum absolute atomic E-state index is 13.5. The molecule has 0 saturated heterocycles. The summed E-state index contributed by atoms with van der Waals surface area (Å²) in [6.07, 6.45) is -2.97. The Kier molecular flexibility index (Phi) is 8.39. The van der Waals surface area contributed by atoms with Crippen LogP contribution in [0.1, 0.15) is 18.9 Å². The number of fused-ring (bicyclic) bond motifs is 1. The number of urea groups is 1. The molecule has 0 aliphatic heterocycles. The van der Waals surface area contributed by atoms with Gasteiger partial charge in [-0.3, -0.25) is 4.98 Å². The summed E-state index contributed by atoms with van der Waals surface area (Å²) in [5.74, 6) is 0.505. The monoisotopic (exact) mass is 557 g/mol. The van der Waals surface area contributed by atoms with Crippen molar-refractivity contribution in [2.45, 2.75) is 24.4 Å². The molecule has 3 aromatic carbocycles. The van der Waals surface area contributed by atoms with Gasteiger partial charge < -0.3 is 15.4 Å². The predicted molar refractivity (Wildman–Crippen MR) is 142 cm³/mol. The molecular formula is C28H26F3N3O4S. The van der Waals surface area contributed by atoms with Crippen molar-refractivity contribution >= 4 is 26.8 Å². The summed E-state index contributed by atoms with van der Waals surface area (Å²) in [5, 5.41) is 5.51. The van der Waals surface area contributed by atoms with Crippen LogP contribution in [0.2, 0.25) is 0 Å². The van der Waals surface area contributed by atoms with Crippen LogP contribution in [0.4, 0.5) is 18.0 Å². The predicted octanol–water partition coefficient (Wildman–Crippen LogP) is 6.20. The second kappa shape index (κ2) is 11.7. The van der Waals surface area contributed by atoms with Gasteiger partial charge in [-0.15, -0.1) is 0 Å². The number of aromatic nitrogens is 1. The lowest BCUT2D eigenvalue weighted by Crippen LogP contribution is -2.36. The normalized spacial score (nSPS) is 11.8. The van der Waals surface area contributed by atoms with Crippen molar-refractivity contribution in [2.24, 2.45) is 0 Å². The Balaban J connectivity index is 1.53. The minimum Gasteiger partial charge on any atom is -0.457 e. The summed E-state index contributed by atoms with van der Waals surface area (Å²) in [5.41, 5.74) is 0.205. The van der Waals surface area contributed by atoms with Gasteiger partial charge in [0.1, 0.15) is 11.5 Å². The summed E-state index contributed by atoms with van der Waals surface area (Å²) in [4.78, 5) is 15.5. The molecule has 1 heterocycles. The Morgan fingerprint density at radius 2 is 1.67 bits per heavy atom. The lowest BCUT2D eigenvalue weighted by Gasteiger charge is -2.13. The average Bonchev–Trinajstić information content (AvgIpc) is 2.90. The number of ether oxygens (including phenoxy) is 1. The number of para-hydroxylation sites is 1. The summed E-state index contributed by atoms with van der Waals surface area (Å²) in [6.45, 7) is 2.46. The summed E-state index contributed by atoms with van der Waals surface area (Å²) >= 11 is 0. The van der Waals surface area contributed by atoms with Crippen molar-refractivity contribution in [2.75, 3.05) is 18.8 Å². The number of nitrogens with one attached hydrogen (secondary N) is 2. The number of alkyl halides is 3. The second-order valence-electron chi connectivity index (χ2n) is 8.62. The Hall–Kier alpha value is -4.12. The first-order valence-corrected chi connectivity index (χ1v) is 13.8. The number of carbonyl (C=O) groups is 1. The van der Waals surface area contributed by atoms with Crippen LogP contribution >= 0.6 is 0 Å². The molecule has 2 N–H and O–H groups in total. The first-order chi connectivity index (χ1) is 18.6. The molecular weight excluding hydrogens is 531 g/mol. The molecule has 39 heavy (non-hydrogen) atoms. The SMILES string of the molecule is CCNC(=O)NCCCS(=O)(=O)c1cccc(Oc2cccc(-c3ccnc4c(C(F)(F)F)cccc34)c2)c1. The highest BCUT2D eigenvalue weighted by atomic mass is 32.2. The van der Waals surface area contributed by atoms with Crippen LogP contribution in [0.15, 0.2) is 83.9 Å². The number of sulfone groups is 1. The third-order valence-electron chi connectivity index (χ3n) is 5.83. The number of pyridine rings is 1. The molecule has 0 spiro atoms. The molecule has 0 radical (unpaired) electrons. The Morgan fingerprint density at radius 3 is 2.41 bits per heavy atom. The zero-order chi connectivity index (χ0) is 28.0. The maximum Gasteiger partial charge on any atom is 0.418 e. The smallest absolute Gasteiger partial charge is 0.418 e. The van der Waals surface area contributed by atoms with E-state index in [9.17, 15) is 26.4 Å². The van der Waals surface area contributed by atoms with E-state index < -0.39 is 21.6 Å². The lowest BCUT2D eigenvalue weighted by molar-refractivity contribution is -0.136. The van der Waals surface area contributed by atoms with Crippen LogP contribution in [0.3, 0.4) is 0 Å². The molecule has 11 heteroatoms. The van der Waals surface area contributed by atoms with Gasteiger partial charge in [0.2, 0.25) is 0 Å². The van der Waals surface area contributed by atoms with Gasteiger partial charge in [0.25, 0.3) is 0 Å². The largest absolute Gasteiger partial charge is 0.457 e. The highest BCUT2D eigenvalue weighted by Crippen LogP contribution is 2.37. The van der Waals surface area contributed by atoms with E-state index >= 15 is 0 Å². The van der Waals surface area contributed by atoms with E-state index in [1.54, 1.807) is 55.5 Å². The number of rotatable bonds is 9. The zero-order valence-electron chi connectivity index (χ0n) is 21.0. The third kappa shape index (κ3) is 6.85. The number of hydrogen-bond donors (Lipinski definition) is 2. The average molecular weight is 558 g/mol. The van der Waals surface area contributed by atoms with Crippen LogP contribution in [-0.4, -0.2) is 38.3 Å². The molecule has 204 valence electrons. The molecule has 0 aliphatic carbocycles. The molecule has 0 unspecified atom stereocenters. The second-order valence-corrected chi connectivity index (χ2v) is 10.7. The number of carbonyl (C=O) groups excluding carboxylic acids is 1. The number of nitrogens with zero attached hydrogens (tertiary/aromatic N) is 1. The molecule has 2 amide bonds. The molecule has 4 rings (SSSR count). The number of hydrogen-bond acceptors (Lipinski definition) is 5. The van der Waals surface area contributed by atoms with Crippen LogP contribution in [0.25, 0.3) is 22.0 Å². The minimum atomic E-state index is -4.54. The quantitative estimate of drug-likeness (QED) is 0.239. The van der Waals surface area contributed by atoms with Crippen LogP contribution in [0, 0.1) is 0 Å². The number of halogens is 3. The Labute approximate surface area is 223 Å². The van der Waals surface area contributed by atoms with Gasteiger partial charge in [0, 0.05) is 24.7 Å². The maximum atomic E-state index is 13.5. The molecule has 7 nitrogen and oxygen atoms in total. The topological polar surface area (TPSA) is 97.4 Å². The molecule has 4 aromatic rings. The minimum absolute atomic E-state index is 0.0778. The first kappa shape index (κ1) is 27.9.